The van der Waals surface area contributed by atoms with E-state index in [-0.39, 0.29) is 0 Å². The van der Waals surface area contributed by atoms with Gasteiger partial charge < -0.3 is 10.6 Å². The Kier molecular flexibility index (Phi) is 4.81. The Bertz CT molecular complexity index is 272. The fraction of sp³-hybridized carbons (Fsp3) is 1.00. The lowest BCUT2D eigenvalue weighted by molar-refractivity contribution is 0.248. The SMILES string of the molecule is CC1CCCC(CNC2CCCC2C2CCCN2)C1. The van der Waals surface area contributed by atoms with E-state index < -0.39 is 0 Å². The van der Waals surface area contributed by atoms with Crippen LogP contribution in [0.25, 0.3) is 0 Å². The van der Waals surface area contributed by atoms with Crippen molar-refractivity contribution in [3.05, 3.63) is 0 Å². The molecule has 3 aliphatic rings. The van der Waals surface area contributed by atoms with Crippen molar-refractivity contribution in [2.75, 3.05) is 13.1 Å². The molecule has 2 nitrogen and oxygen atoms in total. The van der Waals surface area contributed by atoms with Gasteiger partial charge in [0.25, 0.3) is 0 Å². The van der Waals surface area contributed by atoms with Gasteiger partial charge in [0.15, 0.2) is 0 Å². The highest BCUT2D eigenvalue weighted by molar-refractivity contribution is 4.93. The highest BCUT2D eigenvalue weighted by Gasteiger charge is 2.35. The lowest BCUT2D eigenvalue weighted by atomic mass is 9.82. The van der Waals surface area contributed by atoms with E-state index in [4.69, 9.17) is 0 Å². The van der Waals surface area contributed by atoms with Crippen LogP contribution in [-0.2, 0) is 0 Å². The Morgan fingerprint density at radius 3 is 2.68 bits per heavy atom. The number of nitrogens with one attached hydrogen (secondary N) is 2. The minimum Gasteiger partial charge on any atom is -0.314 e. The molecule has 110 valence electrons. The lowest BCUT2D eigenvalue weighted by Gasteiger charge is -2.31. The first kappa shape index (κ1) is 13.9. The summed E-state index contributed by atoms with van der Waals surface area (Å²) in [6.45, 7) is 4.99. The molecule has 1 heterocycles. The zero-order valence-electron chi connectivity index (χ0n) is 12.7. The summed E-state index contributed by atoms with van der Waals surface area (Å²) >= 11 is 0. The van der Waals surface area contributed by atoms with Crippen LogP contribution in [0.15, 0.2) is 0 Å². The van der Waals surface area contributed by atoms with Crippen LogP contribution in [0, 0.1) is 17.8 Å². The highest BCUT2D eigenvalue weighted by Crippen LogP contribution is 2.33. The molecule has 19 heavy (non-hydrogen) atoms. The van der Waals surface area contributed by atoms with Gasteiger partial charge in [-0.15, -0.1) is 0 Å². The van der Waals surface area contributed by atoms with Crippen LogP contribution in [-0.4, -0.2) is 25.2 Å². The van der Waals surface area contributed by atoms with Crippen molar-refractivity contribution in [3.63, 3.8) is 0 Å². The largest absolute Gasteiger partial charge is 0.314 e. The van der Waals surface area contributed by atoms with Crippen molar-refractivity contribution >= 4 is 0 Å². The van der Waals surface area contributed by atoms with Crippen molar-refractivity contribution in [2.45, 2.75) is 76.8 Å². The van der Waals surface area contributed by atoms with E-state index in [9.17, 15) is 0 Å². The maximum atomic E-state index is 3.96. The van der Waals surface area contributed by atoms with Crippen molar-refractivity contribution in [1.82, 2.24) is 10.6 Å². The number of rotatable bonds is 4. The van der Waals surface area contributed by atoms with Crippen LogP contribution in [0.5, 0.6) is 0 Å². The highest BCUT2D eigenvalue weighted by atomic mass is 15.0. The molecule has 0 aromatic carbocycles. The third kappa shape index (κ3) is 3.52. The molecule has 3 rings (SSSR count). The standard InChI is InChI=1S/C17H32N2/c1-13-5-2-6-14(11-13)12-19-17-8-3-7-15(17)16-9-4-10-18-16/h13-19H,2-12H2,1H3. The van der Waals surface area contributed by atoms with Crippen molar-refractivity contribution in [1.29, 1.82) is 0 Å². The fourth-order valence-corrected chi connectivity index (χ4v) is 4.86. The van der Waals surface area contributed by atoms with Gasteiger partial charge in [-0.2, -0.15) is 0 Å². The Morgan fingerprint density at radius 2 is 1.89 bits per heavy atom. The van der Waals surface area contributed by atoms with Crippen molar-refractivity contribution in [2.24, 2.45) is 17.8 Å². The molecule has 0 aromatic rings. The predicted molar refractivity (Wildman–Crippen MR) is 81.3 cm³/mol. The van der Waals surface area contributed by atoms with Gasteiger partial charge in [0, 0.05) is 12.1 Å². The maximum absolute atomic E-state index is 3.96. The van der Waals surface area contributed by atoms with Crippen LogP contribution in [0.4, 0.5) is 0 Å². The Hall–Kier alpha value is -0.0800. The lowest BCUT2D eigenvalue weighted by Crippen LogP contribution is -2.43. The van der Waals surface area contributed by atoms with Gasteiger partial charge in [-0.25, -0.2) is 0 Å². The molecule has 5 atom stereocenters. The summed E-state index contributed by atoms with van der Waals surface area (Å²) in [5, 5.41) is 7.69. The molecule has 1 aliphatic heterocycles. The minimum atomic E-state index is 0.813. The quantitative estimate of drug-likeness (QED) is 0.814. The summed E-state index contributed by atoms with van der Waals surface area (Å²) in [7, 11) is 0. The van der Waals surface area contributed by atoms with Gasteiger partial charge >= 0.3 is 0 Å². The van der Waals surface area contributed by atoms with Gasteiger partial charge in [-0.3, -0.25) is 0 Å². The summed E-state index contributed by atoms with van der Waals surface area (Å²) in [6, 6.07) is 1.64. The summed E-state index contributed by atoms with van der Waals surface area (Å²) in [5.74, 6) is 2.85. The molecule has 5 unspecified atom stereocenters. The average Bonchev–Trinajstić information content (AvgIpc) is 3.07. The molecule has 0 bridgehead atoms. The molecule has 2 heteroatoms. The summed E-state index contributed by atoms with van der Waals surface area (Å²) in [6.07, 6.45) is 13.0. The molecule has 3 fully saturated rings. The predicted octanol–water partition coefficient (Wildman–Crippen LogP) is 3.32. The second kappa shape index (κ2) is 6.58. The molecule has 0 amide bonds. The third-order valence-electron chi connectivity index (χ3n) is 5.90. The maximum Gasteiger partial charge on any atom is 0.0111 e. The first-order valence-electron chi connectivity index (χ1n) is 8.79. The molecular weight excluding hydrogens is 232 g/mol. The summed E-state index contributed by atoms with van der Waals surface area (Å²) in [4.78, 5) is 0. The average molecular weight is 264 g/mol. The fourth-order valence-electron chi connectivity index (χ4n) is 4.86. The molecule has 2 N–H and O–H groups in total. The van der Waals surface area contributed by atoms with E-state index in [1.54, 1.807) is 0 Å². The molecule has 0 spiro atoms. The zero-order valence-corrected chi connectivity index (χ0v) is 12.7. The molecule has 0 radical (unpaired) electrons. The third-order valence-corrected chi connectivity index (χ3v) is 5.90. The summed E-state index contributed by atoms with van der Waals surface area (Å²) < 4.78 is 0. The van der Waals surface area contributed by atoms with E-state index in [0.29, 0.717) is 0 Å². The first-order valence-corrected chi connectivity index (χ1v) is 8.79. The smallest absolute Gasteiger partial charge is 0.0111 e. The van der Waals surface area contributed by atoms with Gasteiger partial charge in [0.1, 0.15) is 0 Å². The second-order valence-corrected chi connectivity index (χ2v) is 7.45. The Balaban J connectivity index is 1.45. The van der Waals surface area contributed by atoms with Crippen LogP contribution >= 0.6 is 0 Å². The van der Waals surface area contributed by atoms with E-state index in [1.807, 2.05) is 0 Å². The van der Waals surface area contributed by atoms with E-state index in [0.717, 1.165) is 29.8 Å². The van der Waals surface area contributed by atoms with Gasteiger partial charge in [-0.05, 0) is 69.4 Å². The number of hydrogen-bond acceptors (Lipinski definition) is 2. The number of hydrogen-bond donors (Lipinski definition) is 2. The summed E-state index contributed by atoms with van der Waals surface area (Å²) in [5.41, 5.74) is 0. The van der Waals surface area contributed by atoms with E-state index >= 15 is 0 Å². The van der Waals surface area contributed by atoms with Crippen LogP contribution in [0.3, 0.4) is 0 Å². The van der Waals surface area contributed by atoms with Gasteiger partial charge in [-0.1, -0.05) is 26.2 Å². The molecule has 1 saturated heterocycles. The van der Waals surface area contributed by atoms with E-state index in [1.165, 1.54) is 70.9 Å². The zero-order chi connectivity index (χ0) is 13.1. The molecule has 2 aliphatic carbocycles. The topological polar surface area (TPSA) is 24.1 Å². The molecule has 0 aromatic heterocycles. The monoisotopic (exact) mass is 264 g/mol. The Labute approximate surface area is 119 Å². The minimum absolute atomic E-state index is 0.813. The molecule has 2 saturated carbocycles. The van der Waals surface area contributed by atoms with Crippen molar-refractivity contribution in [3.8, 4) is 0 Å². The van der Waals surface area contributed by atoms with Crippen LogP contribution in [0.1, 0.15) is 64.7 Å². The Morgan fingerprint density at radius 1 is 1.00 bits per heavy atom. The van der Waals surface area contributed by atoms with Gasteiger partial charge in [0.05, 0.1) is 0 Å². The van der Waals surface area contributed by atoms with Crippen molar-refractivity contribution < 1.29 is 0 Å². The van der Waals surface area contributed by atoms with Crippen LogP contribution in [0.2, 0.25) is 0 Å². The van der Waals surface area contributed by atoms with E-state index in [2.05, 4.69) is 17.6 Å². The first-order chi connectivity index (χ1) is 9.33. The van der Waals surface area contributed by atoms with Crippen LogP contribution < -0.4 is 10.6 Å². The second-order valence-electron chi connectivity index (χ2n) is 7.45. The molecular formula is C17H32N2. The van der Waals surface area contributed by atoms with Gasteiger partial charge in [0.2, 0.25) is 0 Å². The normalized spacial score (nSPS) is 43.7.